The third-order valence-corrected chi connectivity index (χ3v) is 1.73. The van der Waals surface area contributed by atoms with Gasteiger partial charge < -0.3 is 5.32 Å². The van der Waals surface area contributed by atoms with E-state index >= 15 is 0 Å². The van der Waals surface area contributed by atoms with E-state index < -0.39 is 0 Å². The molecule has 0 radical (unpaired) electrons. The number of hydrogen-bond acceptors (Lipinski definition) is 2. The summed E-state index contributed by atoms with van der Waals surface area (Å²) < 4.78 is 13.0. The molecule has 3 heteroatoms. The van der Waals surface area contributed by atoms with Crippen molar-refractivity contribution in [1.29, 1.82) is 5.26 Å². The lowest BCUT2D eigenvalue weighted by Gasteiger charge is -2.01. The lowest BCUT2D eigenvalue weighted by Crippen LogP contribution is -2.17. The van der Waals surface area contributed by atoms with E-state index in [1.54, 1.807) is 12.1 Å². The first-order valence-electron chi connectivity index (χ1n) is 4.15. The van der Waals surface area contributed by atoms with Crippen molar-refractivity contribution in [3.63, 3.8) is 0 Å². The first kappa shape index (κ1) is 9.69. The van der Waals surface area contributed by atoms with Gasteiger partial charge in [-0.05, 0) is 18.1 Å². The van der Waals surface area contributed by atoms with E-state index in [1.807, 2.05) is 12.1 Å². The van der Waals surface area contributed by atoms with Crippen LogP contribution < -0.4 is 5.32 Å². The van der Waals surface area contributed by atoms with Gasteiger partial charge in [0.25, 0.3) is 0 Å². The molecule has 0 bridgehead atoms. The minimum atomic E-state index is -0.179. The van der Waals surface area contributed by atoms with Gasteiger partial charge in [-0.3, -0.25) is 0 Å². The molecule has 0 aliphatic rings. The molecule has 0 fully saturated rings. The first-order valence-corrected chi connectivity index (χ1v) is 4.15. The van der Waals surface area contributed by atoms with Crippen LogP contribution in [-0.4, -0.2) is 13.1 Å². The number of nitrogens with one attached hydrogen (secondary N) is 1. The molecule has 1 aromatic carbocycles. The van der Waals surface area contributed by atoms with Gasteiger partial charge in [0.15, 0.2) is 0 Å². The van der Waals surface area contributed by atoms with Crippen molar-refractivity contribution < 1.29 is 4.39 Å². The summed E-state index contributed by atoms with van der Waals surface area (Å²) in [6.07, 6.45) is 0.619. The molecule has 0 aliphatic heterocycles. The van der Waals surface area contributed by atoms with E-state index in [-0.39, 0.29) is 5.82 Å². The summed E-state index contributed by atoms with van der Waals surface area (Å²) in [6, 6.07) is 8.64. The first-order chi connectivity index (χ1) is 6.34. The zero-order chi connectivity index (χ0) is 9.52. The van der Waals surface area contributed by atoms with Crippen molar-refractivity contribution in [2.24, 2.45) is 0 Å². The Hall–Kier alpha value is -1.40. The largest absolute Gasteiger partial charge is 0.304 e. The lowest BCUT2D eigenvalue weighted by atomic mass is 10.1. The molecule has 68 valence electrons. The Morgan fingerprint density at radius 2 is 2.15 bits per heavy atom. The molecule has 0 aromatic heterocycles. The molecular formula is C10H11FN2. The number of halogens is 1. The van der Waals surface area contributed by atoms with Gasteiger partial charge in [0, 0.05) is 6.54 Å². The van der Waals surface area contributed by atoms with Crippen LogP contribution in [0.1, 0.15) is 5.56 Å². The van der Waals surface area contributed by atoms with Crippen molar-refractivity contribution in [1.82, 2.24) is 5.32 Å². The summed E-state index contributed by atoms with van der Waals surface area (Å²) in [5.41, 5.74) is 0.688. The summed E-state index contributed by atoms with van der Waals surface area (Å²) in [6.45, 7) is 0.947. The predicted molar refractivity (Wildman–Crippen MR) is 48.6 cm³/mol. The van der Waals surface area contributed by atoms with Crippen LogP contribution >= 0.6 is 0 Å². The Morgan fingerprint density at radius 3 is 2.85 bits per heavy atom. The average Bonchev–Trinajstić information content (AvgIpc) is 2.15. The molecule has 0 atom stereocenters. The predicted octanol–water partition coefficient (Wildman–Crippen LogP) is 1.48. The highest BCUT2D eigenvalue weighted by Gasteiger charge is 1.98. The second-order valence-electron chi connectivity index (χ2n) is 2.68. The van der Waals surface area contributed by atoms with Gasteiger partial charge in [0.2, 0.25) is 0 Å². The van der Waals surface area contributed by atoms with Crippen molar-refractivity contribution in [2.45, 2.75) is 6.42 Å². The molecule has 2 nitrogen and oxygen atoms in total. The maximum Gasteiger partial charge on any atom is 0.126 e. The van der Waals surface area contributed by atoms with E-state index in [2.05, 4.69) is 5.32 Å². The van der Waals surface area contributed by atoms with Crippen LogP contribution in [0.4, 0.5) is 4.39 Å². The second kappa shape index (κ2) is 5.28. The Balaban J connectivity index is 2.37. The minimum Gasteiger partial charge on any atom is -0.304 e. The number of benzene rings is 1. The fourth-order valence-electron chi connectivity index (χ4n) is 1.07. The van der Waals surface area contributed by atoms with E-state index in [4.69, 9.17) is 5.26 Å². The molecule has 0 aliphatic carbocycles. The fraction of sp³-hybridized carbons (Fsp3) is 0.300. The fourth-order valence-corrected chi connectivity index (χ4v) is 1.07. The van der Waals surface area contributed by atoms with Gasteiger partial charge in [-0.1, -0.05) is 18.2 Å². The van der Waals surface area contributed by atoms with Crippen LogP contribution in [-0.2, 0) is 6.42 Å². The molecule has 1 aromatic rings. The van der Waals surface area contributed by atoms with Crippen LogP contribution in [0.25, 0.3) is 0 Å². The van der Waals surface area contributed by atoms with Gasteiger partial charge in [0.05, 0.1) is 12.6 Å². The third kappa shape index (κ3) is 3.22. The number of rotatable bonds is 4. The molecule has 0 amide bonds. The van der Waals surface area contributed by atoms with Crippen molar-refractivity contribution in [3.8, 4) is 6.07 Å². The van der Waals surface area contributed by atoms with Crippen LogP contribution in [0.5, 0.6) is 0 Å². The molecule has 0 spiro atoms. The minimum absolute atomic E-state index is 0.179. The third-order valence-electron chi connectivity index (χ3n) is 1.73. The van der Waals surface area contributed by atoms with Gasteiger partial charge in [-0.2, -0.15) is 5.26 Å². The molecular weight excluding hydrogens is 167 g/mol. The van der Waals surface area contributed by atoms with E-state index in [1.165, 1.54) is 6.07 Å². The van der Waals surface area contributed by atoms with Crippen LogP contribution in [0.15, 0.2) is 24.3 Å². The Labute approximate surface area is 77.0 Å². The SMILES string of the molecule is N#CCNCCc1ccccc1F. The van der Waals surface area contributed by atoms with Gasteiger partial charge in [0.1, 0.15) is 5.82 Å². The van der Waals surface area contributed by atoms with Crippen LogP contribution in [0.3, 0.4) is 0 Å². The standard InChI is InChI=1S/C10H11FN2/c11-10-4-2-1-3-9(10)5-7-13-8-6-12/h1-4,13H,5,7-8H2. The maximum atomic E-state index is 13.0. The summed E-state index contributed by atoms with van der Waals surface area (Å²) in [5.74, 6) is -0.179. The summed E-state index contributed by atoms with van der Waals surface area (Å²) in [7, 11) is 0. The number of hydrogen-bond donors (Lipinski definition) is 1. The topological polar surface area (TPSA) is 35.8 Å². The quantitative estimate of drug-likeness (QED) is 0.560. The second-order valence-corrected chi connectivity index (χ2v) is 2.68. The van der Waals surface area contributed by atoms with Crippen LogP contribution in [0.2, 0.25) is 0 Å². The maximum absolute atomic E-state index is 13.0. The smallest absolute Gasteiger partial charge is 0.126 e. The molecule has 13 heavy (non-hydrogen) atoms. The zero-order valence-electron chi connectivity index (χ0n) is 7.26. The highest BCUT2D eigenvalue weighted by molar-refractivity contribution is 5.17. The molecule has 0 saturated heterocycles. The molecule has 0 saturated carbocycles. The monoisotopic (exact) mass is 178 g/mol. The Bertz CT molecular complexity index is 304. The highest BCUT2D eigenvalue weighted by Crippen LogP contribution is 2.05. The molecule has 1 rings (SSSR count). The Morgan fingerprint density at radius 1 is 1.38 bits per heavy atom. The van der Waals surface area contributed by atoms with Crippen molar-refractivity contribution >= 4 is 0 Å². The van der Waals surface area contributed by atoms with E-state index in [9.17, 15) is 4.39 Å². The van der Waals surface area contributed by atoms with Gasteiger partial charge in [-0.25, -0.2) is 4.39 Å². The summed E-state index contributed by atoms with van der Waals surface area (Å²) >= 11 is 0. The van der Waals surface area contributed by atoms with E-state index in [0.717, 1.165) is 0 Å². The molecule has 0 unspecified atom stereocenters. The summed E-state index contributed by atoms with van der Waals surface area (Å²) in [4.78, 5) is 0. The number of nitriles is 1. The van der Waals surface area contributed by atoms with Crippen LogP contribution in [0, 0.1) is 17.1 Å². The average molecular weight is 178 g/mol. The van der Waals surface area contributed by atoms with Gasteiger partial charge in [-0.15, -0.1) is 0 Å². The number of nitrogens with zero attached hydrogens (tertiary/aromatic N) is 1. The molecule has 0 heterocycles. The van der Waals surface area contributed by atoms with Crippen molar-refractivity contribution in [2.75, 3.05) is 13.1 Å². The van der Waals surface area contributed by atoms with E-state index in [0.29, 0.717) is 25.1 Å². The Kier molecular flexibility index (Phi) is 3.94. The van der Waals surface area contributed by atoms with Crippen molar-refractivity contribution in [3.05, 3.63) is 35.6 Å². The summed E-state index contributed by atoms with van der Waals surface area (Å²) in [5, 5.41) is 11.1. The highest BCUT2D eigenvalue weighted by atomic mass is 19.1. The zero-order valence-corrected chi connectivity index (χ0v) is 7.26. The molecule has 1 N–H and O–H groups in total. The van der Waals surface area contributed by atoms with Gasteiger partial charge >= 0.3 is 0 Å². The lowest BCUT2D eigenvalue weighted by molar-refractivity contribution is 0.603. The normalized spacial score (nSPS) is 9.54.